The number of anilines is 1. The van der Waals surface area contributed by atoms with Gasteiger partial charge >= 0.3 is 0 Å². The number of aromatic nitrogens is 2. The molecule has 34 heavy (non-hydrogen) atoms. The van der Waals surface area contributed by atoms with Crippen molar-refractivity contribution < 1.29 is 4.74 Å². The van der Waals surface area contributed by atoms with Gasteiger partial charge in [0.05, 0.1) is 24.0 Å². The van der Waals surface area contributed by atoms with E-state index < -0.39 is 0 Å². The van der Waals surface area contributed by atoms with Crippen molar-refractivity contribution in [3.63, 3.8) is 0 Å². The van der Waals surface area contributed by atoms with Crippen LogP contribution in [-0.4, -0.2) is 54.5 Å². The lowest BCUT2D eigenvalue weighted by molar-refractivity contribution is 0.254. The molecule has 0 atom stereocenters. The molecule has 2 aromatic carbocycles. The molecule has 0 amide bonds. The molecule has 4 rings (SSSR count). The molecular weight excluding hydrogens is 420 g/mol. The minimum Gasteiger partial charge on any atom is -0.497 e. The Bertz CT molecular complexity index is 1090. The number of ether oxygens (including phenoxy) is 1. The molecule has 1 fully saturated rings. The summed E-state index contributed by atoms with van der Waals surface area (Å²) in [5.74, 6) is 0.878. The maximum Gasteiger partial charge on any atom is 0.118 e. The summed E-state index contributed by atoms with van der Waals surface area (Å²) in [6.07, 6.45) is 2.14. The highest BCUT2D eigenvalue weighted by Gasteiger charge is 2.22. The molecule has 0 spiro atoms. The summed E-state index contributed by atoms with van der Waals surface area (Å²) in [5, 5.41) is 5.01. The highest BCUT2D eigenvalue weighted by Crippen LogP contribution is 2.29. The molecule has 5 nitrogen and oxygen atoms in total. The number of aryl methyl sites for hydroxylation is 2. The van der Waals surface area contributed by atoms with Crippen molar-refractivity contribution in [1.82, 2.24) is 14.7 Å². The fraction of sp³-hybridized carbons (Fsp3) is 0.483. The van der Waals surface area contributed by atoms with E-state index in [9.17, 15) is 0 Å². The third kappa shape index (κ3) is 5.47. The Morgan fingerprint density at radius 3 is 2.29 bits per heavy atom. The first-order valence-corrected chi connectivity index (χ1v) is 12.5. The van der Waals surface area contributed by atoms with E-state index in [0.717, 1.165) is 51.3 Å². The third-order valence-corrected chi connectivity index (χ3v) is 6.98. The molecule has 0 aliphatic carbocycles. The van der Waals surface area contributed by atoms with Crippen molar-refractivity contribution in [2.45, 2.75) is 53.0 Å². The van der Waals surface area contributed by atoms with Crippen LogP contribution < -0.4 is 9.64 Å². The summed E-state index contributed by atoms with van der Waals surface area (Å²) in [6.45, 7) is 16.7. The predicted octanol–water partition coefficient (Wildman–Crippen LogP) is 5.69. The molecule has 1 aliphatic rings. The van der Waals surface area contributed by atoms with Gasteiger partial charge in [0.25, 0.3) is 0 Å². The molecule has 1 aromatic heterocycles. The smallest absolute Gasteiger partial charge is 0.118 e. The normalized spacial score (nSPS) is 15.1. The van der Waals surface area contributed by atoms with Crippen LogP contribution in [0.3, 0.4) is 0 Å². The van der Waals surface area contributed by atoms with Gasteiger partial charge in [-0.25, -0.2) is 0 Å². The van der Waals surface area contributed by atoms with Crippen LogP contribution in [0, 0.1) is 13.8 Å². The average molecular weight is 461 g/mol. The predicted molar refractivity (Wildman–Crippen MR) is 142 cm³/mol. The summed E-state index contributed by atoms with van der Waals surface area (Å²) < 4.78 is 7.50. The molecule has 1 saturated heterocycles. The van der Waals surface area contributed by atoms with Gasteiger partial charge in [-0.15, -0.1) is 0 Å². The van der Waals surface area contributed by atoms with E-state index in [2.05, 4.69) is 85.5 Å². The number of hydrogen-bond acceptors (Lipinski definition) is 4. The highest BCUT2D eigenvalue weighted by atomic mass is 16.5. The van der Waals surface area contributed by atoms with Crippen LogP contribution in [0.4, 0.5) is 5.69 Å². The summed E-state index contributed by atoms with van der Waals surface area (Å²) >= 11 is 0. The van der Waals surface area contributed by atoms with E-state index in [1.807, 2.05) is 12.1 Å². The molecule has 0 unspecified atom stereocenters. The van der Waals surface area contributed by atoms with Crippen molar-refractivity contribution >= 4 is 5.69 Å². The number of rotatable bonds is 7. The number of methoxy groups -OCH3 is 1. The second-order valence-corrected chi connectivity index (χ2v) is 10.5. The molecule has 2 heterocycles. The summed E-state index contributed by atoms with van der Waals surface area (Å²) in [4.78, 5) is 5.15. The van der Waals surface area contributed by atoms with Crippen molar-refractivity contribution in [2.75, 3.05) is 44.7 Å². The van der Waals surface area contributed by atoms with E-state index >= 15 is 0 Å². The molecule has 3 aromatic rings. The van der Waals surface area contributed by atoms with E-state index in [0.29, 0.717) is 0 Å². The van der Waals surface area contributed by atoms with Crippen LogP contribution >= 0.6 is 0 Å². The second kappa shape index (κ2) is 10.2. The molecule has 0 bridgehead atoms. The van der Waals surface area contributed by atoms with E-state index in [1.54, 1.807) is 7.11 Å². The molecule has 0 saturated carbocycles. The van der Waals surface area contributed by atoms with Crippen molar-refractivity contribution in [3.05, 3.63) is 65.4 Å². The summed E-state index contributed by atoms with van der Waals surface area (Å²) in [5.41, 5.74) is 7.65. The quantitative estimate of drug-likeness (QED) is 0.454. The lowest BCUT2D eigenvalue weighted by Gasteiger charge is -2.37. The van der Waals surface area contributed by atoms with Crippen LogP contribution in [0.1, 0.15) is 44.0 Å². The van der Waals surface area contributed by atoms with Crippen molar-refractivity contribution in [3.8, 4) is 17.0 Å². The Morgan fingerprint density at radius 2 is 1.65 bits per heavy atom. The van der Waals surface area contributed by atoms with Crippen LogP contribution in [0.25, 0.3) is 11.3 Å². The van der Waals surface area contributed by atoms with Crippen molar-refractivity contribution in [1.29, 1.82) is 0 Å². The number of nitrogens with zero attached hydrogens (tertiary/aromatic N) is 4. The fourth-order valence-electron chi connectivity index (χ4n) is 4.81. The average Bonchev–Trinajstić information content (AvgIpc) is 3.26. The second-order valence-electron chi connectivity index (χ2n) is 10.5. The Balaban J connectivity index is 1.35. The van der Waals surface area contributed by atoms with E-state index in [-0.39, 0.29) is 5.54 Å². The third-order valence-electron chi connectivity index (χ3n) is 6.98. The summed E-state index contributed by atoms with van der Waals surface area (Å²) in [6, 6.07) is 17.2. The molecule has 0 radical (unpaired) electrons. The zero-order valence-corrected chi connectivity index (χ0v) is 21.8. The first kappa shape index (κ1) is 24.3. The number of benzene rings is 2. The molecule has 5 heteroatoms. The zero-order chi connectivity index (χ0) is 24.3. The topological polar surface area (TPSA) is 33.5 Å². The highest BCUT2D eigenvalue weighted by molar-refractivity contribution is 5.61. The Hall–Kier alpha value is -2.79. The standard InChI is InChI=1S/C29H40N4O/c1-22-9-7-11-27(23(22)2)32-19-17-31(18-20-32)16-8-10-25-21-28(33(30-25)29(3,4)5)24-12-14-26(34-6)15-13-24/h7,9,11-15,21H,8,10,16-20H2,1-6H3. The Kier molecular flexibility index (Phi) is 7.32. The van der Waals surface area contributed by atoms with Gasteiger partial charge < -0.3 is 9.64 Å². The molecule has 0 N–H and O–H groups in total. The van der Waals surface area contributed by atoms with Gasteiger partial charge in [0, 0.05) is 37.4 Å². The van der Waals surface area contributed by atoms with Gasteiger partial charge in [0.1, 0.15) is 5.75 Å². The Morgan fingerprint density at radius 1 is 0.941 bits per heavy atom. The maximum absolute atomic E-state index is 5.33. The first-order valence-electron chi connectivity index (χ1n) is 12.5. The first-order chi connectivity index (χ1) is 16.3. The van der Waals surface area contributed by atoms with Gasteiger partial charge in [-0.1, -0.05) is 12.1 Å². The van der Waals surface area contributed by atoms with E-state index in [4.69, 9.17) is 9.84 Å². The van der Waals surface area contributed by atoms with Gasteiger partial charge in [-0.2, -0.15) is 5.10 Å². The molecular formula is C29H40N4O. The van der Waals surface area contributed by atoms with Gasteiger partial charge in [-0.3, -0.25) is 9.58 Å². The molecule has 182 valence electrons. The minimum atomic E-state index is -0.0717. The van der Waals surface area contributed by atoms with Crippen molar-refractivity contribution in [2.24, 2.45) is 0 Å². The minimum absolute atomic E-state index is 0.0717. The van der Waals surface area contributed by atoms with Gasteiger partial charge in [0.15, 0.2) is 0 Å². The zero-order valence-electron chi connectivity index (χ0n) is 21.8. The van der Waals surface area contributed by atoms with E-state index in [1.165, 1.54) is 33.8 Å². The Labute approximate surface area is 205 Å². The van der Waals surface area contributed by atoms with Gasteiger partial charge in [-0.05, 0) is 102 Å². The maximum atomic E-state index is 5.33. The lowest BCUT2D eigenvalue weighted by Crippen LogP contribution is -2.47. The summed E-state index contributed by atoms with van der Waals surface area (Å²) in [7, 11) is 1.70. The van der Waals surface area contributed by atoms with Crippen LogP contribution in [-0.2, 0) is 12.0 Å². The number of hydrogen-bond donors (Lipinski definition) is 0. The number of piperazine rings is 1. The monoisotopic (exact) mass is 460 g/mol. The van der Waals surface area contributed by atoms with Crippen LogP contribution in [0.5, 0.6) is 5.75 Å². The largest absolute Gasteiger partial charge is 0.497 e. The lowest BCUT2D eigenvalue weighted by atomic mass is 10.1. The SMILES string of the molecule is COc1ccc(-c2cc(CCCN3CCN(c4cccc(C)c4C)CC3)nn2C(C)(C)C)cc1. The molecule has 1 aliphatic heterocycles. The fourth-order valence-corrected chi connectivity index (χ4v) is 4.81. The van der Waals surface area contributed by atoms with Crippen LogP contribution in [0.2, 0.25) is 0 Å². The van der Waals surface area contributed by atoms with Crippen LogP contribution in [0.15, 0.2) is 48.5 Å². The van der Waals surface area contributed by atoms with Gasteiger partial charge in [0.2, 0.25) is 0 Å².